The lowest BCUT2D eigenvalue weighted by atomic mass is 10.1. The van der Waals surface area contributed by atoms with Crippen LogP contribution < -0.4 is 10.5 Å². The molecule has 0 aliphatic rings. The van der Waals surface area contributed by atoms with Gasteiger partial charge in [0, 0.05) is 18.4 Å². The second kappa shape index (κ2) is 5.16. The van der Waals surface area contributed by atoms with E-state index in [0.717, 1.165) is 11.1 Å². The number of aromatic nitrogens is 2. The van der Waals surface area contributed by atoms with Crippen molar-refractivity contribution >= 4 is 21.4 Å². The van der Waals surface area contributed by atoms with E-state index in [9.17, 15) is 8.42 Å². The molecule has 0 bridgehead atoms. The molecule has 7 heteroatoms. The third-order valence-corrected chi connectivity index (χ3v) is 4.56. The van der Waals surface area contributed by atoms with E-state index in [-0.39, 0.29) is 4.90 Å². The van der Waals surface area contributed by atoms with E-state index < -0.39 is 10.0 Å². The molecule has 2 rings (SSSR count). The number of aryl methyl sites for hydroxylation is 2. The first kappa shape index (κ1) is 14.4. The topological polar surface area (TPSA) is 90.0 Å². The van der Waals surface area contributed by atoms with Gasteiger partial charge >= 0.3 is 0 Å². The van der Waals surface area contributed by atoms with Crippen molar-refractivity contribution in [3.05, 3.63) is 35.7 Å². The highest BCUT2D eigenvalue weighted by Crippen LogP contribution is 2.23. The quantitative estimate of drug-likeness (QED) is 0.843. The Hall–Kier alpha value is -2.02. The van der Waals surface area contributed by atoms with Crippen LogP contribution in [0.25, 0.3) is 0 Å². The molecule has 3 N–H and O–H groups in total. The predicted octanol–water partition coefficient (Wildman–Crippen LogP) is 1.90. The molecule has 2 aromatic rings. The van der Waals surface area contributed by atoms with Gasteiger partial charge in [0.25, 0.3) is 10.0 Å². The zero-order chi connectivity index (χ0) is 14.9. The van der Waals surface area contributed by atoms with Crippen LogP contribution in [0.3, 0.4) is 0 Å². The molecule has 0 spiro atoms. The Balaban J connectivity index is 2.35. The number of nitrogens with two attached hydrogens (primary N) is 1. The Bertz CT molecular complexity index is 712. The molecular weight excluding hydrogens is 276 g/mol. The van der Waals surface area contributed by atoms with Crippen LogP contribution >= 0.6 is 0 Å². The van der Waals surface area contributed by atoms with Crippen LogP contribution in [-0.4, -0.2) is 18.2 Å². The van der Waals surface area contributed by atoms with Crippen LogP contribution in [0.4, 0.5) is 11.4 Å². The normalized spacial score (nSPS) is 11.6. The lowest BCUT2D eigenvalue weighted by Gasteiger charge is -2.10. The molecule has 0 aliphatic carbocycles. The van der Waals surface area contributed by atoms with Gasteiger partial charge in [-0.2, -0.15) is 5.10 Å². The Morgan fingerprint density at radius 2 is 2.05 bits per heavy atom. The first-order chi connectivity index (χ1) is 9.33. The van der Waals surface area contributed by atoms with E-state index >= 15 is 0 Å². The van der Waals surface area contributed by atoms with Crippen molar-refractivity contribution < 1.29 is 8.42 Å². The van der Waals surface area contributed by atoms with Gasteiger partial charge in [-0.25, -0.2) is 8.42 Å². The van der Waals surface area contributed by atoms with E-state index in [1.54, 1.807) is 16.9 Å². The summed E-state index contributed by atoms with van der Waals surface area (Å²) in [7, 11) is -3.65. The summed E-state index contributed by atoms with van der Waals surface area (Å²) in [5.41, 5.74) is 8.46. The highest BCUT2D eigenvalue weighted by molar-refractivity contribution is 7.92. The minimum Gasteiger partial charge on any atom is -0.398 e. The van der Waals surface area contributed by atoms with Gasteiger partial charge in [-0.3, -0.25) is 9.40 Å². The molecule has 108 valence electrons. The number of rotatable bonds is 4. The standard InChI is InChI=1S/C13H18N4O2S/c1-4-17-8-11(7-15-17)16-20(18,19)12-5-9(2)10(3)13(14)6-12/h5-8,16H,4,14H2,1-3H3. The van der Waals surface area contributed by atoms with Crippen LogP contribution in [0.5, 0.6) is 0 Å². The zero-order valence-corrected chi connectivity index (χ0v) is 12.5. The largest absolute Gasteiger partial charge is 0.398 e. The molecular formula is C13H18N4O2S. The van der Waals surface area contributed by atoms with Gasteiger partial charge < -0.3 is 5.73 Å². The van der Waals surface area contributed by atoms with Gasteiger partial charge in [0.05, 0.1) is 16.8 Å². The maximum Gasteiger partial charge on any atom is 0.262 e. The van der Waals surface area contributed by atoms with Crippen LogP contribution in [-0.2, 0) is 16.6 Å². The molecule has 1 heterocycles. The highest BCUT2D eigenvalue weighted by atomic mass is 32.2. The van der Waals surface area contributed by atoms with Crippen LogP contribution in [0.15, 0.2) is 29.4 Å². The smallest absolute Gasteiger partial charge is 0.262 e. The molecule has 20 heavy (non-hydrogen) atoms. The summed E-state index contributed by atoms with van der Waals surface area (Å²) in [4.78, 5) is 0.155. The Labute approximate surface area is 118 Å². The third-order valence-electron chi connectivity index (χ3n) is 3.20. The fourth-order valence-corrected chi connectivity index (χ4v) is 2.96. The van der Waals surface area contributed by atoms with Crippen molar-refractivity contribution in [3.8, 4) is 0 Å². The number of nitrogen functional groups attached to an aromatic ring is 1. The van der Waals surface area contributed by atoms with E-state index in [1.165, 1.54) is 12.3 Å². The van der Waals surface area contributed by atoms with Crippen molar-refractivity contribution in [2.24, 2.45) is 0 Å². The molecule has 0 aliphatic heterocycles. The molecule has 0 amide bonds. The Morgan fingerprint density at radius 3 is 2.60 bits per heavy atom. The van der Waals surface area contributed by atoms with E-state index in [1.807, 2.05) is 20.8 Å². The minimum atomic E-state index is -3.65. The van der Waals surface area contributed by atoms with Crippen molar-refractivity contribution in [2.45, 2.75) is 32.2 Å². The van der Waals surface area contributed by atoms with Gasteiger partial charge in [0.2, 0.25) is 0 Å². The first-order valence-electron chi connectivity index (χ1n) is 6.25. The molecule has 1 aromatic heterocycles. The monoisotopic (exact) mass is 294 g/mol. The fourth-order valence-electron chi connectivity index (χ4n) is 1.81. The Morgan fingerprint density at radius 1 is 1.35 bits per heavy atom. The minimum absolute atomic E-state index is 0.155. The number of anilines is 2. The Kier molecular flexibility index (Phi) is 3.71. The second-order valence-corrected chi connectivity index (χ2v) is 6.33. The average molecular weight is 294 g/mol. The van der Waals surface area contributed by atoms with Crippen LogP contribution in [0, 0.1) is 13.8 Å². The third kappa shape index (κ3) is 2.77. The lowest BCUT2D eigenvalue weighted by Crippen LogP contribution is -2.13. The van der Waals surface area contributed by atoms with Crippen molar-refractivity contribution in [2.75, 3.05) is 10.5 Å². The van der Waals surface area contributed by atoms with E-state index in [4.69, 9.17) is 5.73 Å². The summed E-state index contributed by atoms with van der Waals surface area (Å²) in [5.74, 6) is 0. The summed E-state index contributed by atoms with van der Waals surface area (Å²) in [5, 5.41) is 4.03. The van der Waals surface area contributed by atoms with Gasteiger partial charge in [0.1, 0.15) is 0 Å². The number of hydrogen-bond donors (Lipinski definition) is 2. The second-order valence-electron chi connectivity index (χ2n) is 4.64. The summed E-state index contributed by atoms with van der Waals surface area (Å²) in [6.45, 7) is 6.30. The van der Waals surface area contributed by atoms with Crippen LogP contribution in [0.2, 0.25) is 0 Å². The van der Waals surface area contributed by atoms with Gasteiger partial charge in [0.15, 0.2) is 0 Å². The first-order valence-corrected chi connectivity index (χ1v) is 7.74. The van der Waals surface area contributed by atoms with Crippen LogP contribution in [0.1, 0.15) is 18.1 Å². The fraction of sp³-hybridized carbons (Fsp3) is 0.308. The van der Waals surface area contributed by atoms with Gasteiger partial charge in [-0.1, -0.05) is 0 Å². The van der Waals surface area contributed by atoms with Crippen molar-refractivity contribution in [3.63, 3.8) is 0 Å². The maximum absolute atomic E-state index is 12.3. The van der Waals surface area contributed by atoms with Crippen molar-refractivity contribution in [1.29, 1.82) is 0 Å². The van der Waals surface area contributed by atoms with E-state index in [0.29, 0.717) is 17.9 Å². The molecule has 0 unspecified atom stereocenters. The SMILES string of the molecule is CCn1cc(NS(=O)(=O)c2cc(C)c(C)c(N)c2)cn1. The molecule has 0 radical (unpaired) electrons. The van der Waals surface area contributed by atoms with Crippen molar-refractivity contribution in [1.82, 2.24) is 9.78 Å². The number of benzene rings is 1. The molecule has 6 nitrogen and oxygen atoms in total. The summed E-state index contributed by atoms with van der Waals surface area (Å²) in [6.07, 6.45) is 3.12. The molecule has 0 fully saturated rings. The zero-order valence-electron chi connectivity index (χ0n) is 11.7. The molecule has 1 aromatic carbocycles. The lowest BCUT2D eigenvalue weighted by molar-refractivity contribution is 0.601. The number of sulfonamides is 1. The highest BCUT2D eigenvalue weighted by Gasteiger charge is 2.17. The summed E-state index contributed by atoms with van der Waals surface area (Å²) >= 11 is 0. The summed E-state index contributed by atoms with van der Waals surface area (Å²) < 4.78 is 28.8. The molecule has 0 saturated carbocycles. The number of nitrogens with zero attached hydrogens (tertiary/aromatic N) is 2. The number of hydrogen-bond acceptors (Lipinski definition) is 4. The molecule has 0 atom stereocenters. The predicted molar refractivity (Wildman–Crippen MR) is 79.0 cm³/mol. The van der Waals surface area contributed by atoms with E-state index in [2.05, 4.69) is 9.82 Å². The van der Waals surface area contributed by atoms with Gasteiger partial charge in [-0.05, 0) is 44.0 Å². The molecule has 0 saturated heterocycles. The summed E-state index contributed by atoms with van der Waals surface area (Å²) in [6, 6.07) is 3.08. The van der Waals surface area contributed by atoms with Gasteiger partial charge in [-0.15, -0.1) is 0 Å². The number of nitrogens with one attached hydrogen (secondary N) is 1. The maximum atomic E-state index is 12.3. The average Bonchev–Trinajstić information content (AvgIpc) is 2.82.